The minimum atomic E-state index is -4.56. The van der Waals surface area contributed by atoms with E-state index in [1.165, 1.54) is 18.0 Å². The Hall–Kier alpha value is -3.34. The first kappa shape index (κ1) is 20.4. The predicted molar refractivity (Wildman–Crippen MR) is 104 cm³/mol. The minimum absolute atomic E-state index is 0.0881. The van der Waals surface area contributed by atoms with Crippen LogP contribution in [0.2, 0.25) is 0 Å². The summed E-state index contributed by atoms with van der Waals surface area (Å²) < 4.78 is 40.1. The van der Waals surface area contributed by atoms with E-state index in [0.29, 0.717) is 36.6 Å². The number of amidine groups is 1. The van der Waals surface area contributed by atoms with Crippen molar-refractivity contribution >= 4 is 23.6 Å². The first-order chi connectivity index (χ1) is 13.8. The van der Waals surface area contributed by atoms with E-state index in [1.54, 1.807) is 31.2 Å². The summed E-state index contributed by atoms with van der Waals surface area (Å²) in [4.78, 5) is 19.2. The van der Waals surface area contributed by atoms with E-state index >= 15 is 0 Å². The number of amides is 1. The van der Waals surface area contributed by atoms with Crippen LogP contribution >= 0.6 is 0 Å². The molecule has 1 heterocycles. The van der Waals surface area contributed by atoms with Crippen molar-refractivity contribution in [3.05, 3.63) is 59.2 Å². The Balaban J connectivity index is 2.15. The molecule has 5 nitrogen and oxygen atoms in total. The quantitative estimate of drug-likeness (QED) is 0.440. The number of rotatable bonds is 4. The molecule has 0 bridgehead atoms. The average molecular weight is 400 g/mol. The fourth-order valence-electron chi connectivity index (χ4n) is 3.34. The second kappa shape index (κ2) is 7.95. The molecule has 150 valence electrons. The number of alkyl halides is 3. The molecule has 3 rings (SSSR count). The number of halogens is 3. The van der Waals surface area contributed by atoms with Crippen molar-refractivity contribution in [1.29, 1.82) is 5.26 Å². The van der Waals surface area contributed by atoms with Gasteiger partial charge in [0.15, 0.2) is 0 Å². The van der Waals surface area contributed by atoms with Crippen molar-refractivity contribution in [3.8, 4) is 6.07 Å². The highest BCUT2D eigenvalue weighted by Gasteiger charge is 2.35. The fraction of sp³-hybridized carbons (Fsp3) is 0.286. The van der Waals surface area contributed by atoms with Gasteiger partial charge in [0, 0.05) is 25.7 Å². The normalized spacial score (nSPS) is 14.9. The predicted octanol–water partition coefficient (Wildman–Crippen LogP) is 4.14. The van der Waals surface area contributed by atoms with Crippen molar-refractivity contribution in [3.63, 3.8) is 0 Å². The third-order valence-corrected chi connectivity index (χ3v) is 4.88. The zero-order valence-electron chi connectivity index (χ0n) is 15.9. The molecule has 1 aliphatic rings. The molecule has 2 aromatic rings. The van der Waals surface area contributed by atoms with Crippen LogP contribution in [0.1, 0.15) is 16.7 Å². The number of anilines is 2. The summed E-state index contributed by atoms with van der Waals surface area (Å²) in [6.45, 7) is 2.66. The van der Waals surface area contributed by atoms with Gasteiger partial charge in [-0.05, 0) is 36.8 Å². The van der Waals surface area contributed by atoms with Gasteiger partial charge in [-0.1, -0.05) is 18.2 Å². The number of hydrogen-bond donors (Lipinski definition) is 0. The summed E-state index contributed by atoms with van der Waals surface area (Å²) in [6.07, 6.45) is -4.05. The van der Waals surface area contributed by atoms with Gasteiger partial charge in [0.2, 0.25) is 6.41 Å². The summed E-state index contributed by atoms with van der Waals surface area (Å²) in [6, 6.07) is 12.4. The molecular weight excluding hydrogens is 381 g/mol. The number of aliphatic imine (C=N–C) groups is 1. The first-order valence-corrected chi connectivity index (χ1v) is 8.93. The highest BCUT2D eigenvalue weighted by Crippen LogP contribution is 2.37. The summed E-state index contributed by atoms with van der Waals surface area (Å²) in [5.74, 6) is 0.295. The lowest BCUT2D eigenvalue weighted by Gasteiger charge is -2.39. The van der Waals surface area contributed by atoms with Crippen molar-refractivity contribution in [2.75, 3.05) is 25.0 Å². The highest BCUT2D eigenvalue weighted by atomic mass is 19.4. The van der Waals surface area contributed by atoms with Crippen LogP contribution in [-0.2, 0) is 11.0 Å². The van der Waals surface area contributed by atoms with E-state index in [0.717, 1.165) is 17.7 Å². The SMILES string of the molecule is C/N=C(\c1ccc(C(F)(F)F)cc1N(C=O)c1ccccc1C)N1CC(C#N)C1. The first-order valence-electron chi connectivity index (χ1n) is 8.93. The van der Waals surface area contributed by atoms with E-state index in [2.05, 4.69) is 11.1 Å². The third-order valence-electron chi connectivity index (χ3n) is 4.88. The Morgan fingerprint density at radius 3 is 2.48 bits per heavy atom. The van der Waals surface area contributed by atoms with E-state index in [-0.39, 0.29) is 11.6 Å². The maximum absolute atomic E-state index is 13.4. The largest absolute Gasteiger partial charge is 0.416 e. The lowest BCUT2D eigenvalue weighted by molar-refractivity contribution is -0.137. The van der Waals surface area contributed by atoms with Crippen LogP contribution in [0.3, 0.4) is 0 Å². The zero-order chi connectivity index (χ0) is 21.2. The minimum Gasteiger partial charge on any atom is -0.354 e. The molecule has 0 unspecified atom stereocenters. The summed E-state index contributed by atoms with van der Waals surface area (Å²) >= 11 is 0. The Morgan fingerprint density at radius 1 is 1.24 bits per heavy atom. The molecule has 0 atom stereocenters. The molecule has 8 heteroatoms. The monoisotopic (exact) mass is 400 g/mol. The number of hydrogen-bond acceptors (Lipinski definition) is 3. The van der Waals surface area contributed by atoms with Crippen LogP contribution in [0.25, 0.3) is 0 Å². The molecule has 29 heavy (non-hydrogen) atoms. The standard InChI is InChI=1S/C21H19F3N4O/c1-14-5-3-4-6-18(14)28(13-29)19-9-16(21(22,23)24)7-8-17(19)20(26-2)27-11-15(10-25)12-27/h3-9,13,15H,11-12H2,1-2H3/b26-20+. The number of carbonyl (C=O) groups excluding carboxylic acids is 1. The molecule has 1 fully saturated rings. The van der Waals surface area contributed by atoms with E-state index < -0.39 is 11.7 Å². The number of nitrogens with zero attached hydrogens (tertiary/aromatic N) is 4. The Kier molecular flexibility index (Phi) is 5.59. The topological polar surface area (TPSA) is 59.7 Å². The molecule has 0 saturated carbocycles. The summed E-state index contributed by atoms with van der Waals surface area (Å²) in [5.41, 5.74) is 0.853. The molecule has 1 aliphatic heterocycles. The molecule has 0 spiro atoms. The van der Waals surface area contributed by atoms with Crippen LogP contribution < -0.4 is 4.90 Å². The number of nitriles is 1. The van der Waals surface area contributed by atoms with E-state index in [9.17, 15) is 18.0 Å². The van der Waals surface area contributed by atoms with Crippen molar-refractivity contribution in [1.82, 2.24) is 4.90 Å². The summed E-state index contributed by atoms with van der Waals surface area (Å²) in [5, 5.41) is 9.02. The van der Waals surface area contributed by atoms with Gasteiger partial charge in [0.05, 0.1) is 28.9 Å². The second-order valence-corrected chi connectivity index (χ2v) is 6.77. The number of carbonyl (C=O) groups is 1. The Bertz CT molecular complexity index is 988. The summed E-state index contributed by atoms with van der Waals surface area (Å²) in [7, 11) is 1.54. The van der Waals surface area contributed by atoms with Gasteiger partial charge in [-0.25, -0.2) is 0 Å². The molecule has 0 aliphatic carbocycles. The number of likely N-dealkylation sites (tertiary alicyclic amines) is 1. The smallest absolute Gasteiger partial charge is 0.354 e. The molecule has 2 aromatic carbocycles. The van der Waals surface area contributed by atoms with Crippen molar-refractivity contribution < 1.29 is 18.0 Å². The maximum Gasteiger partial charge on any atom is 0.416 e. The van der Waals surface area contributed by atoms with Gasteiger partial charge in [-0.2, -0.15) is 18.4 Å². The fourth-order valence-corrected chi connectivity index (χ4v) is 3.34. The average Bonchev–Trinajstić information content (AvgIpc) is 2.66. The number of para-hydroxylation sites is 1. The van der Waals surface area contributed by atoms with Gasteiger partial charge >= 0.3 is 6.18 Å². The van der Waals surface area contributed by atoms with Crippen molar-refractivity contribution in [2.45, 2.75) is 13.1 Å². The van der Waals surface area contributed by atoms with Gasteiger partial charge in [0.25, 0.3) is 0 Å². The van der Waals surface area contributed by atoms with Crippen LogP contribution in [-0.4, -0.2) is 37.3 Å². The number of benzene rings is 2. The Labute approximate surface area is 166 Å². The van der Waals surface area contributed by atoms with Crippen LogP contribution in [0, 0.1) is 24.2 Å². The lowest BCUT2D eigenvalue weighted by atomic mass is 9.98. The van der Waals surface area contributed by atoms with Gasteiger partial charge in [-0.3, -0.25) is 14.7 Å². The van der Waals surface area contributed by atoms with Gasteiger partial charge in [-0.15, -0.1) is 0 Å². The van der Waals surface area contributed by atoms with Gasteiger partial charge < -0.3 is 4.90 Å². The molecule has 0 N–H and O–H groups in total. The molecule has 0 aromatic heterocycles. The highest BCUT2D eigenvalue weighted by molar-refractivity contribution is 6.07. The van der Waals surface area contributed by atoms with Gasteiger partial charge in [0.1, 0.15) is 5.84 Å². The molecule has 1 amide bonds. The maximum atomic E-state index is 13.4. The lowest BCUT2D eigenvalue weighted by Crippen LogP contribution is -2.50. The van der Waals surface area contributed by atoms with Crippen LogP contribution in [0.15, 0.2) is 47.5 Å². The van der Waals surface area contributed by atoms with Crippen LogP contribution in [0.4, 0.5) is 24.5 Å². The van der Waals surface area contributed by atoms with Crippen molar-refractivity contribution in [2.24, 2.45) is 10.9 Å². The Morgan fingerprint density at radius 2 is 1.93 bits per heavy atom. The van der Waals surface area contributed by atoms with E-state index in [1.807, 2.05) is 4.90 Å². The second-order valence-electron chi connectivity index (χ2n) is 6.77. The molecular formula is C21H19F3N4O. The third kappa shape index (κ3) is 3.94. The van der Waals surface area contributed by atoms with E-state index in [4.69, 9.17) is 5.26 Å². The number of aryl methyl sites for hydroxylation is 1. The molecule has 1 saturated heterocycles. The zero-order valence-corrected chi connectivity index (χ0v) is 15.9. The molecule has 0 radical (unpaired) electrons. The van der Waals surface area contributed by atoms with Crippen LogP contribution in [0.5, 0.6) is 0 Å².